The van der Waals surface area contributed by atoms with Gasteiger partial charge in [-0.2, -0.15) is 0 Å². The summed E-state index contributed by atoms with van der Waals surface area (Å²) in [7, 11) is 0. The van der Waals surface area contributed by atoms with E-state index in [1.165, 1.54) is 6.07 Å². The van der Waals surface area contributed by atoms with Gasteiger partial charge < -0.3 is 24.2 Å². The third kappa shape index (κ3) is 2.06. The average molecular weight is 414 g/mol. The number of aliphatic hydroxyl groups excluding tert-OH is 1. The lowest BCUT2D eigenvalue weighted by atomic mass is 9.42. The molecule has 2 heterocycles. The maximum atomic E-state index is 12.6. The van der Waals surface area contributed by atoms with Crippen molar-refractivity contribution < 1.29 is 24.2 Å². The number of aldehydes is 1. The first-order valence-corrected chi connectivity index (χ1v) is 11.4. The number of fused-ring (bicyclic) bond motifs is 3. The second-order valence-corrected chi connectivity index (χ2v) is 10.9. The molecule has 1 spiro atoms. The SMILES string of the molecule is C[C@]12CC[C@@H]3[C@@H](CC[C@@]4(O)C[C@H](O)CC[C@@]34C=O)[C@]13O[C@H]3C[C@@H]2c1ccc(=O)oc1. The number of hydrogen-bond donors (Lipinski definition) is 2. The predicted molar refractivity (Wildman–Crippen MR) is 107 cm³/mol. The monoisotopic (exact) mass is 414 g/mol. The second kappa shape index (κ2) is 5.84. The van der Waals surface area contributed by atoms with Crippen molar-refractivity contribution in [2.24, 2.45) is 22.7 Å². The molecule has 5 aliphatic rings. The van der Waals surface area contributed by atoms with E-state index in [9.17, 15) is 19.8 Å². The minimum absolute atomic E-state index is 0.0769. The molecule has 1 aromatic heterocycles. The van der Waals surface area contributed by atoms with E-state index in [2.05, 4.69) is 6.92 Å². The fraction of sp³-hybridized carbons (Fsp3) is 0.750. The Hall–Kier alpha value is -1.50. The molecule has 4 aliphatic carbocycles. The molecule has 0 aromatic carbocycles. The average Bonchev–Trinajstić information content (AvgIpc) is 3.38. The van der Waals surface area contributed by atoms with E-state index in [4.69, 9.17) is 9.15 Å². The summed E-state index contributed by atoms with van der Waals surface area (Å²) in [6.45, 7) is 2.31. The van der Waals surface area contributed by atoms with Crippen molar-refractivity contribution in [2.45, 2.75) is 87.6 Å². The number of hydrogen-bond acceptors (Lipinski definition) is 6. The highest BCUT2D eigenvalue weighted by Gasteiger charge is 2.81. The van der Waals surface area contributed by atoms with Gasteiger partial charge in [0.2, 0.25) is 0 Å². The fourth-order valence-corrected chi connectivity index (χ4v) is 8.69. The Morgan fingerprint density at radius 3 is 2.67 bits per heavy atom. The van der Waals surface area contributed by atoms with Gasteiger partial charge in [-0.25, -0.2) is 4.79 Å². The van der Waals surface area contributed by atoms with Gasteiger partial charge in [-0.15, -0.1) is 0 Å². The molecule has 2 N–H and O–H groups in total. The van der Waals surface area contributed by atoms with Crippen molar-refractivity contribution in [2.75, 3.05) is 0 Å². The van der Waals surface area contributed by atoms with Gasteiger partial charge in [0.1, 0.15) is 11.9 Å². The van der Waals surface area contributed by atoms with Crippen LogP contribution in [0.25, 0.3) is 0 Å². The van der Waals surface area contributed by atoms with E-state index >= 15 is 0 Å². The molecular formula is C24H30O6. The highest BCUT2D eigenvalue weighted by atomic mass is 16.6. The van der Waals surface area contributed by atoms with Gasteiger partial charge in [0.15, 0.2) is 0 Å². The van der Waals surface area contributed by atoms with Crippen molar-refractivity contribution in [3.63, 3.8) is 0 Å². The molecule has 30 heavy (non-hydrogen) atoms. The largest absolute Gasteiger partial charge is 0.431 e. The second-order valence-electron chi connectivity index (χ2n) is 10.9. The van der Waals surface area contributed by atoms with Crippen LogP contribution in [0.2, 0.25) is 0 Å². The normalized spacial score (nSPS) is 53.8. The molecule has 0 radical (unpaired) electrons. The lowest BCUT2D eigenvalue weighted by Gasteiger charge is -2.62. The summed E-state index contributed by atoms with van der Waals surface area (Å²) in [5, 5.41) is 21.8. The molecule has 1 saturated heterocycles. The molecule has 162 valence electrons. The molecule has 0 unspecified atom stereocenters. The molecule has 5 fully saturated rings. The molecule has 9 atom stereocenters. The van der Waals surface area contributed by atoms with Crippen molar-refractivity contribution in [1.82, 2.24) is 0 Å². The number of carbonyl (C=O) groups is 1. The third-order valence-corrected chi connectivity index (χ3v) is 10.1. The van der Waals surface area contributed by atoms with Gasteiger partial charge in [-0.3, -0.25) is 0 Å². The topological polar surface area (TPSA) is 100 Å². The van der Waals surface area contributed by atoms with Gasteiger partial charge in [-0.05, 0) is 74.3 Å². The fourth-order valence-electron chi connectivity index (χ4n) is 8.69. The molecule has 6 rings (SSSR count). The zero-order valence-corrected chi connectivity index (χ0v) is 17.4. The lowest BCUT2D eigenvalue weighted by molar-refractivity contribution is -0.218. The van der Waals surface area contributed by atoms with Crippen LogP contribution in [-0.2, 0) is 9.53 Å². The highest BCUT2D eigenvalue weighted by molar-refractivity contribution is 5.64. The maximum absolute atomic E-state index is 12.6. The van der Waals surface area contributed by atoms with Gasteiger partial charge in [0.25, 0.3) is 0 Å². The first-order chi connectivity index (χ1) is 14.3. The Morgan fingerprint density at radius 1 is 1.13 bits per heavy atom. The van der Waals surface area contributed by atoms with Gasteiger partial charge >= 0.3 is 5.63 Å². The van der Waals surface area contributed by atoms with Gasteiger partial charge in [0, 0.05) is 17.9 Å². The first kappa shape index (κ1) is 19.2. The minimum atomic E-state index is -1.11. The van der Waals surface area contributed by atoms with Crippen LogP contribution >= 0.6 is 0 Å². The van der Waals surface area contributed by atoms with Gasteiger partial charge in [-0.1, -0.05) is 6.92 Å². The lowest BCUT2D eigenvalue weighted by Crippen LogP contribution is -2.66. The standard InChI is InChI=1S/C24H30O6/c1-21-7-5-16-17(6-9-23(28)11-15(26)4-8-22(16,23)13-25)24(21)19(30-24)10-18(21)14-2-3-20(27)29-12-14/h2-3,12-13,15-19,26,28H,4-11H2,1H3/t15-,16-,17-,18-,19+,21-,22-,23-,24-/m1/s1. The van der Waals surface area contributed by atoms with E-state index in [0.717, 1.165) is 37.5 Å². The summed E-state index contributed by atoms with van der Waals surface area (Å²) in [6.07, 6.45) is 7.78. The molecule has 6 heteroatoms. The summed E-state index contributed by atoms with van der Waals surface area (Å²) in [5.74, 6) is 0.595. The summed E-state index contributed by atoms with van der Waals surface area (Å²) in [6, 6.07) is 3.39. The maximum Gasteiger partial charge on any atom is 0.335 e. The van der Waals surface area contributed by atoms with Crippen LogP contribution in [0.4, 0.5) is 0 Å². The number of epoxide rings is 1. The van der Waals surface area contributed by atoms with Crippen molar-refractivity contribution in [3.8, 4) is 0 Å². The minimum Gasteiger partial charge on any atom is -0.431 e. The third-order valence-electron chi connectivity index (χ3n) is 10.1. The Labute approximate surface area is 175 Å². The summed E-state index contributed by atoms with van der Waals surface area (Å²) < 4.78 is 11.7. The Morgan fingerprint density at radius 2 is 1.93 bits per heavy atom. The summed E-state index contributed by atoms with van der Waals surface area (Å²) in [5.41, 5.74) is -1.50. The Kier molecular flexibility index (Phi) is 3.74. The molecular weight excluding hydrogens is 384 g/mol. The van der Waals surface area contributed by atoms with E-state index in [1.54, 1.807) is 6.26 Å². The summed E-state index contributed by atoms with van der Waals surface area (Å²) >= 11 is 0. The molecule has 1 aliphatic heterocycles. The van der Waals surface area contributed by atoms with E-state index < -0.39 is 17.1 Å². The van der Waals surface area contributed by atoms with Crippen LogP contribution in [-0.4, -0.2) is 39.9 Å². The quantitative estimate of drug-likeness (QED) is 0.570. The first-order valence-electron chi connectivity index (χ1n) is 11.4. The molecule has 0 amide bonds. The van der Waals surface area contributed by atoms with Crippen molar-refractivity contribution >= 4 is 6.29 Å². The molecule has 1 aromatic rings. The van der Waals surface area contributed by atoms with Crippen LogP contribution in [0.3, 0.4) is 0 Å². The van der Waals surface area contributed by atoms with Crippen LogP contribution in [0.5, 0.6) is 0 Å². The van der Waals surface area contributed by atoms with Gasteiger partial charge in [0.05, 0.1) is 29.5 Å². The van der Waals surface area contributed by atoms with Crippen LogP contribution in [0, 0.1) is 22.7 Å². The number of carbonyl (C=O) groups excluding carboxylic acids is 1. The zero-order chi connectivity index (χ0) is 20.9. The van der Waals surface area contributed by atoms with E-state index in [0.29, 0.717) is 25.7 Å². The predicted octanol–water partition coefficient (Wildman–Crippen LogP) is 2.55. The highest BCUT2D eigenvalue weighted by Crippen LogP contribution is 2.78. The van der Waals surface area contributed by atoms with E-state index in [-0.39, 0.29) is 40.5 Å². The van der Waals surface area contributed by atoms with Crippen molar-refractivity contribution in [1.29, 1.82) is 0 Å². The number of ether oxygens (including phenoxy) is 1. The number of aliphatic hydroxyl groups is 2. The smallest absolute Gasteiger partial charge is 0.335 e. The molecule has 6 nitrogen and oxygen atoms in total. The van der Waals surface area contributed by atoms with Crippen LogP contribution in [0.1, 0.15) is 69.8 Å². The summed E-state index contributed by atoms with van der Waals surface area (Å²) in [4.78, 5) is 24.0. The molecule has 4 saturated carbocycles. The van der Waals surface area contributed by atoms with E-state index in [1.807, 2.05) is 6.07 Å². The Bertz CT molecular complexity index is 937. The Balaban J connectivity index is 1.39. The zero-order valence-electron chi connectivity index (χ0n) is 17.4. The van der Waals surface area contributed by atoms with Crippen LogP contribution < -0.4 is 5.63 Å². The molecule has 0 bridgehead atoms. The van der Waals surface area contributed by atoms with Crippen LogP contribution in [0.15, 0.2) is 27.6 Å². The van der Waals surface area contributed by atoms with Crippen molar-refractivity contribution in [3.05, 3.63) is 34.4 Å². The number of rotatable bonds is 2.